The Morgan fingerprint density at radius 1 is 1.29 bits per heavy atom. The number of nitrogens with one attached hydrogen (secondary N) is 1. The third-order valence-electron chi connectivity index (χ3n) is 3.23. The highest BCUT2D eigenvalue weighted by atomic mass is 32.2. The van der Waals surface area contributed by atoms with Crippen LogP contribution in [0, 0.1) is 13.8 Å². The van der Waals surface area contributed by atoms with Crippen molar-refractivity contribution >= 4 is 21.9 Å². The number of carboxylic acid groups (broad SMARTS) is 1. The summed E-state index contributed by atoms with van der Waals surface area (Å²) in [6.45, 7) is 2.92. The first-order valence-electron chi connectivity index (χ1n) is 6.47. The summed E-state index contributed by atoms with van der Waals surface area (Å²) in [5.41, 5.74) is 0.323. The van der Waals surface area contributed by atoms with Crippen molar-refractivity contribution in [1.82, 2.24) is 5.32 Å². The normalized spacial score (nSPS) is 13.4. The summed E-state index contributed by atoms with van der Waals surface area (Å²) in [7, 11) is -4.16. The first-order chi connectivity index (χ1) is 10.7. The molecule has 0 fully saturated rings. The fourth-order valence-electron chi connectivity index (χ4n) is 1.93. The Morgan fingerprint density at radius 2 is 1.83 bits per heavy atom. The highest BCUT2D eigenvalue weighted by Crippen LogP contribution is 2.23. The first-order valence-corrected chi connectivity index (χ1v) is 8.01. The van der Waals surface area contributed by atoms with Gasteiger partial charge in [-0.1, -0.05) is 0 Å². The number of hydrogen-bond acceptors (Lipinski definition) is 4. The lowest BCUT2D eigenvalue weighted by Crippen LogP contribution is -2.43. The van der Waals surface area contributed by atoms with Gasteiger partial charge in [0.2, 0.25) is 10.0 Å². The van der Waals surface area contributed by atoms with E-state index in [9.17, 15) is 31.2 Å². The number of amides is 1. The summed E-state index contributed by atoms with van der Waals surface area (Å²) >= 11 is 0. The third kappa shape index (κ3) is 5.20. The second-order valence-electron chi connectivity index (χ2n) is 5.14. The Labute approximate surface area is 135 Å². The summed E-state index contributed by atoms with van der Waals surface area (Å²) in [5, 5.41) is 15.5. The molecule has 11 heteroatoms. The Bertz CT molecular complexity index is 775. The van der Waals surface area contributed by atoms with E-state index in [0.717, 1.165) is 6.07 Å². The first kappa shape index (κ1) is 19.9. The number of halogens is 3. The number of primary sulfonamides is 1. The zero-order valence-corrected chi connectivity index (χ0v) is 13.5. The van der Waals surface area contributed by atoms with Gasteiger partial charge in [-0.15, -0.1) is 0 Å². The highest BCUT2D eigenvalue weighted by molar-refractivity contribution is 7.89. The van der Waals surface area contributed by atoms with E-state index >= 15 is 0 Å². The molecule has 0 bridgehead atoms. The molecular formula is C13H15F3N2O5S. The van der Waals surface area contributed by atoms with Crippen LogP contribution in [0.15, 0.2) is 17.0 Å². The van der Waals surface area contributed by atoms with Crippen LogP contribution in [0.2, 0.25) is 0 Å². The van der Waals surface area contributed by atoms with Crippen LogP contribution in [-0.4, -0.2) is 37.6 Å². The molecule has 0 heterocycles. The van der Waals surface area contributed by atoms with Crippen molar-refractivity contribution in [3.05, 3.63) is 28.8 Å². The summed E-state index contributed by atoms with van der Waals surface area (Å²) < 4.78 is 60.0. The van der Waals surface area contributed by atoms with Crippen LogP contribution < -0.4 is 10.5 Å². The standard InChI is InChI=1S/C13H15F3N2O5S/c1-6-3-8(4-10(7(6)2)24(17,22)23)11(19)18-9(12(20)21)5-13(14,15)16/h3-4,9H,5H2,1-2H3,(H,18,19)(H,20,21)(H2,17,22,23). The van der Waals surface area contributed by atoms with E-state index in [2.05, 4.69) is 0 Å². The maximum absolute atomic E-state index is 12.3. The van der Waals surface area contributed by atoms with Gasteiger partial charge in [0, 0.05) is 5.56 Å². The van der Waals surface area contributed by atoms with Gasteiger partial charge in [-0.25, -0.2) is 18.4 Å². The molecule has 1 rings (SSSR count). The Hall–Kier alpha value is -2.14. The highest BCUT2D eigenvalue weighted by Gasteiger charge is 2.36. The molecule has 0 spiro atoms. The summed E-state index contributed by atoms with van der Waals surface area (Å²) in [6.07, 6.45) is -6.56. The van der Waals surface area contributed by atoms with E-state index in [1.54, 1.807) is 5.32 Å². The number of sulfonamides is 1. The quantitative estimate of drug-likeness (QED) is 0.717. The second-order valence-corrected chi connectivity index (χ2v) is 6.67. The number of alkyl halides is 3. The molecule has 0 aromatic heterocycles. The molecule has 24 heavy (non-hydrogen) atoms. The summed E-state index contributed by atoms with van der Waals surface area (Å²) in [4.78, 5) is 22.5. The van der Waals surface area contributed by atoms with Crippen LogP contribution in [0.1, 0.15) is 27.9 Å². The molecule has 0 aliphatic carbocycles. The Morgan fingerprint density at radius 3 is 2.25 bits per heavy atom. The molecule has 1 atom stereocenters. The molecule has 0 saturated heterocycles. The number of carbonyl (C=O) groups is 2. The topological polar surface area (TPSA) is 127 Å². The van der Waals surface area contributed by atoms with Gasteiger partial charge in [0.15, 0.2) is 0 Å². The average molecular weight is 368 g/mol. The lowest BCUT2D eigenvalue weighted by atomic mass is 10.1. The van der Waals surface area contributed by atoms with Crippen LogP contribution in [0.3, 0.4) is 0 Å². The minimum Gasteiger partial charge on any atom is -0.480 e. The van der Waals surface area contributed by atoms with Crippen molar-refractivity contribution in [3.63, 3.8) is 0 Å². The molecule has 0 aliphatic rings. The number of aryl methyl sites for hydroxylation is 1. The number of benzene rings is 1. The molecular weight excluding hydrogens is 353 g/mol. The van der Waals surface area contributed by atoms with E-state index in [-0.39, 0.29) is 16.0 Å². The third-order valence-corrected chi connectivity index (χ3v) is 4.26. The van der Waals surface area contributed by atoms with Crippen LogP contribution in [0.5, 0.6) is 0 Å². The fourth-order valence-corrected chi connectivity index (χ4v) is 2.81. The molecule has 1 aromatic rings. The summed E-state index contributed by atoms with van der Waals surface area (Å²) in [5.74, 6) is -3.02. The van der Waals surface area contributed by atoms with Gasteiger partial charge in [-0.2, -0.15) is 13.2 Å². The number of hydrogen-bond donors (Lipinski definition) is 3. The van der Waals surface area contributed by atoms with Crippen molar-refractivity contribution in [2.24, 2.45) is 5.14 Å². The molecule has 0 radical (unpaired) electrons. The predicted molar refractivity (Wildman–Crippen MR) is 76.9 cm³/mol. The lowest BCUT2D eigenvalue weighted by molar-refractivity contribution is -0.157. The zero-order valence-electron chi connectivity index (χ0n) is 12.6. The predicted octanol–water partition coefficient (Wildman–Crippen LogP) is 1.09. The monoisotopic (exact) mass is 368 g/mol. The van der Waals surface area contributed by atoms with Gasteiger partial charge in [-0.05, 0) is 37.1 Å². The number of rotatable bonds is 5. The summed E-state index contributed by atoms with van der Waals surface area (Å²) in [6, 6.07) is -0.0808. The van der Waals surface area contributed by atoms with Crippen molar-refractivity contribution < 1.29 is 36.3 Å². The average Bonchev–Trinajstić information content (AvgIpc) is 2.37. The van der Waals surface area contributed by atoms with E-state index in [1.807, 2.05) is 0 Å². The van der Waals surface area contributed by atoms with Gasteiger partial charge in [0.05, 0.1) is 11.3 Å². The van der Waals surface area contributed by atoms with Gasteiger partial charge >= 0.3 is 12.1 Å². The zero-order chi connectivity index (χ0) is 18.9. The van der Waals surface area contributed by atoms with Crippen LogP contribution in [-0.2, 0) is 14.8 Å². The SMILES string of the molecule is Cc1cc(C(=O)NC(CC(F)(F)F)C(=O)O)cc(S(N)(=O)=O)c1C. The number of nitrogens with two attached hydrogens (primary N) is 1. The molecule has 1 aromatic carbocycles. The molecule has 0 saturated carbocycles. The van der Waals surface area contributed by atoms with Crippen molar-refractivity contribution in [3.8, 4) is 0 Å². The van der Waals surface area contributed by atoms with Gasteiger partial charge in [0.1, 0.15) is 6.04 Å². The van der Waals surface area contributed by atoms with Crippen LogP contribution >= 0.6 is 0 Å². The maximum atomic E-state index is 12.3. The van der Waals surface area contributed by atoms with E-state index in [1.165, 1.54) is 19.9 Å². The molecule has 134 valence electrons. The van der Waals surface area contributed by atoms with E-state index in [0.29, 0.717) is 5.56 Å². The number of aliphatic carboxylic acids is 1. The molecule has 1 amide bonds. The van der Waals surface area contributed by atoms with Crippen LogP contribution in [0.4, 0.5) is 13.2 Å². The minimum atomic E-state index is -4.80. The van der Waals surface area contributed by atoms with Gasteiger partial charge in [-0.3, -0.25) is 4.79 Å². The minimum absolute atomic E-state index is 0.277. The van der Waals surface area contributed by atoms with Crippen molar-refractivity contribution in [1.29, 1.82) is 0 Å². The van der Waals surface area contributed by atoms with Crippen molar-refractivity contribution in [2.75, 3.05) is 0 Å². The Balaban J connectivity index is 3.20. The smallest absolute Gasteiger partial charge is 0.391 e. The van der Waals surface area contributed by atoms with Gasteiger partial charge < -0.3 is 10.4 Å². The Kier molecular flexibility index (Phi) is 5.62. The molecule has 7 nitrogen and oxygen atoms in total. The van der Waals surface area contributed by atoms with E-state index in [4.69, 9.17) is 10.2 Å². The van der Waals surface area contributed by atoms with E-state index < -0.39 is 40.5 Å². The fraction of sp³-hybridized carbons (Fsp3) is 0.385. The van der Waals surface area contributed by atoms with Gasteiger partial charge in [0.25, 0.3) is 5.91 Å². The lowest BCUT2D eigenvalue weighted by Gasteiger charge is -2.17. The number of carbonyl (C=O) groups excluding carboxylic acids is 1. The molecule has 1 unspecified atom stereocenters. The number of carboxylic acids is 1. The van der Waals surface area contributed by atoms with Crippen molar-refractivity contribution in [2.45, 2.75) is 37.4 Å². The maximum Gasteiger partial charge on any atom is 0.391 e. The second kappa shape index (κ2) is 6.77. The largest absolute Gasteiger partial charge is 0.480 e. The van der Waals surface area contributed by atoms with Crippen LogP contribution in [0.25, 0.3) is 0 Å². The molecule has 0 aliphatic heterocycles. The molecule has 4 N–H and O–H groups in total.